The lowest BCUT2D eigenvalue weighted by molar-refractivity contribution is 0.711. The van der Waals surface area contributed by atoms with Crippen molar-refractivity contribution in [2.24, 2.45) is 0 Å². The second kappa shape index (κ2) is 5.08. The molecule has 0 atom stereocenters. The summed E-state index contributed by atoms with van der Waals surface area (Å²) in [5.41, 5.74) is 3.18. The zero-order valence-electron chi connectivity index (χ0n) is 9.71. The van der Waals surface area contributed by atoms with E-state index in [0.717, 1.165) is 29.2 Å². The maximum atomic E-state index is 5.75. The van der Waals surface area contributed by atoms with Gasteiger partial charge in [0.25, 0.3) is 0 Å². The Kier molecular flexibility index (Phi) is 3.30. The van der Waals surface area contributed by atoms with E-state index in [9.17, 15) is 0 Å². The molecule has 0 spiro atoms. The van der Waals surface area contributed by atoms with Crippen molar-refractivity contribution in [3.8, 4) is 0 Å². The topological polar surface area (TPSA) is 30.7 Å². The number of hydrogen-bond donors (Lipinski definition) is 0. The number of hydrogen-bond acceptors (Lipinski definition) is 3. The largest absolute Gasteiger partial charge is 0.330 e. The molecule has 5 heteroatoms. The molecule has 0 bridgehead atoms. The molecule has 1 aromatic carbocycles. The summed E-state index contributed by atoms with van der Waals surface area (Å²) in [6.45, 7) is 0.899. The Balaban J connectivity index is 1.76. The molecule has 0 amide bonds. The molecule has 0 N–H and O–H groups in total. The van der Waals surface area contributed by atoms with E-state index in [0.29, 0.717) is 5.88 Å². The molecular weight excluding hydrogens is 266 g/mol. The molecule has 3 nitrogen and oxygen atoms in total. The van der Waals surface area contributed by atoms with Crippen molar-refractivity contribution in [2.75, 3.05) is 0 Å². The van der Waals surface area contributed by atoms with Crippen LogP contribution in [0.2, 0.25) is 0 Å². The average Bonchev–Trinajstić information content (AvgIpc) is 3.03. The first kappa shape index (κ1) is 11.7. The lowest BCUT2D eigenvalue weighted by Crippen LogP contribution is -1.99. The first-order valence-corrected chi connectivity index (χ1v) is 7.17. The van der Waals surface area contributed by atoms with Crippen molar-refractivity contribution < 1.29 is 0 Å². The molecular formula is C13H12ClN3S. The molecule has 3 aromatic rings. The van der Waals surface area contributed by atoms with Gasteiger partial charge in [-0.2, -0.15) is 0 Å². The van der Waals surface area contributed by atoms with Gasteiger partial charge in [-0.05, 0) is 12.1 Å². The van der Waals surface area contributed by atoms with Crippen LogP contribution in [-0.2, 0) is 18.8 Å². The molecule has 0 unspecified atom stereocenters. The van der Waals surface area contributed by atoms with Gasteiger partial charge in [-0.1, -0.05) is 12.1 Å². The summed E-state index contributed by atoms with van der Waals surface area (Å²) >= 11 is 7.42. The Morgan fingerprint density at radius 2 is 2.17 bits per heavy atom. The smallest absolute Gasteiger partial charge is 0.0958 e. The normalized spacial score (nSPS) is 11.2. The lowest BCUT2D eigenvalue weighted by atomic mass is 10.3. The van der Waals surface area contributed by atoms with E-state index in [-0.39, 0.29) is 0 Å². The number of fused-ring (bicyclic) bond motifs is 1. The molecule has 0 aliphatic carbocycles. The fourth-order valence-electron chi connectivity index (χ4n) is 1.93. The molecule has 2 aromatic heterocycles. The van der Waals surface area contributed by atoms with E-state index in [1.54, 1.807) is 11.3 Å². The van der Waals surface area contributed by atoms with Gasteiger partial charge in [-0.3, -0.25) is 0 Å². The van der Waals surface area contributed by atoms with Gasteiger partial charge in [0.05, 0.1) is 33.9 Å². The van der Waals surface area contributed by atoms with Gasteiger partial charge in [0.1, 0.15) is 0 Å². The van der Waals surface area contributed by atoms with E-state index in [1.807, 2.05) is 29.9 Å². The van der Waals surface area contributed by atoms with E-state index in [1.165, 1.54) is 5.52 Å². The summed E-state index contributed by atoms with van der Waals surface area (Å²) in [5, 5.41) is 3.15. The maximum Gasteiger partial charge on any atom is 0.0958 e. The van der Waals surface area contributed by atoms with Crippen molar-refractivity contribution in [3.05, 3.63) is 46.7 Å². The molecule has 0 aliphatic heterocycles. The quantitative estimate of drug-likeness (QED) is 0.684. The number of alkyl halides is 1. The standard InChI is InChI=1S/C13H12ClN3S/c14-7-10-8-18-13(16-10)5-6-17-9-15-11-3-1-2-4-12(11)17/h1-4,8-9H,5-7H2. The van der Waals surface area contributed by atoms with Crippen LogP contribution in [0.3, 0.4) is 0 Å². The van der Waals surface area contributed by atoms with Gasteiger partial charge in [-0.25, -0.2) is 9.97 Å². The summed E-state index contributed by atoms with van der Waals surface area (Å²) < 4.78 is 2.16. The van der Waals surface area contributed by atoms with E-state index in [2.05, 4.69) is 20.6 Å². The third kappa shape index (κ3) is 2.26. The highest BCUT2D eigenvalue weighted by molar-refractivity contribution is 7.09. The SMILES string of the molecule is ClCc1csc(CCn2cnc3ccccc32)n1. The fourth-order valence-corrected chi connectivity index (χ4v) is 2.95. The highest BCUT2D eigenvalue weighted by Gasteiger charge is 2.04. The second-order valence-corrected chi connectivity index (χ2v) is 5.25. The number of benzene rings is 1. The van der Waals surface area contributed by atoms with Crippen LogP contribution >= 0.6 is 22.9 Å². The van der Waals surface area contributed by atoms with Crippen molar-refractivity contribution in [1.29, 1.82) is 0 Å². The van der Waals surface area contributed by atoms with Crippen molar-refractivity contribution >= 4 is 34.0 Å². The molecule has 0 saturated heterocycles. The first-order chi connectivity index (χ1) is 8.86. The molecule has 3 rings (SSSR count). The summed E-state index contributed by atoms with van der Waals surface area (Å²) in [5.74, 6) is 0.491. The summed E-state index contributed by atoms with van der Waals surface area (Å²) in [4.78, 5) is 8.84. The number of imidazole rings is 1. The lowest BCUT2D eigenvalue weighted by Gasteiger charge is -2.01. The van der Waals surface area contributed by atoms with Crippen LogP contribution in [0.15, 0.2) is 36.0 Å². The van der Waals surface area contributed by atoms with Crippen molar-refractivity contribution in [1.82, 2.24) is 14.5 Å². The molecule has 18 heavy (non-hydrogen) atoms. The molecule has 0 fully saturated rings. The zero-order chi connectivity index (χ0) is 12.4. The van der Waals surface area contributed by atoms with Crippen LogP contribution < -0.4 is 0 Å². The first-order valence-electron chi connectivity index (χ1n) is 5.76. The number of thiazole rings is 1. The number of nitrogens with zero attached hydrogens (tertiary/aromatic N) is 3. The summed E-state index contributed by atoms with van der Waals surface area (Å²) in [6, 6.07) is 8.16. The van der Waals surface area contributed by atoms with Crippen LogP contribution in [0, 0.1) is 0 Å². The summed E-state index contributed by atoms with van der Waals surface area (Å²) in [7, 11) is 0. The fraction of sp³-hybridized carbons (Fsp3) is 0.231. The van der Waals surface area contributed by atoms with E-state index in [4.69, 9.17) is 11.6 Å². The van der Waals surface area contributed by atoms with Crippen LogP contribution in [0.25, 0.3) is 11.0 Å². The van der Waals surface area contributed by atoms with Crippen LogP contribution in [-0.4, -0.2) is 14.5 Å². The second-order valence-electron chi connectivity index (χ2n) is 4.04. The van der Waals surface area contributed by atoms with E-state index < -0.39 is 0 Å². The van der Waals surface area contributed by atoms with E-state index >= 15 is 0 Å². The van der Waals surface area contributed by atoms with Crippen LogP contribution in [0.4, 0.5) is 0 Å². The number of para-hydroxylation sites is 2. The molecule has 2 heterocycles. The van der Waals surface area contributed by atoms with Crippen LogP contribution in [0.1, 0.15) is 10.7 Å². The third-order valence-electron chi connectivity index (χ3n) is 2.83. The van der Waals surface area contributed by atoms with Crippen molar-refractivity contribution in [2.45, 2.75) is 18.8 Å². The molecule has 0 radical (unpaired) electrons. The van der Waals surface area contributed by atoms with Gasteiger partial charge < -0.3 is 4.57 Å². The predicted octanol–water partition coefficient (Wildman–Crippen LogP) is 3.47. The number of rotatable bonds is 4. The number of aryl methyl sites for hydroxylation is 2. The van der Waals surface area contributed by atoms with Gasteiger partial charge in [0.2, 0.25) is 0 Å². The Morgan fingerprint density at radius 1 is 1.28 bits per heavy atom. The monoisotopic (exact) mass is 277 g/mol. The highest BCUT2D eigenvalue weighted by Crippen LogP contribution is 2.15. The van der Waals surface area contributed by atoms with Gasteiger partial charge in [-0.15, -0.1) is 22.9 Å². The zero-order valence-corrected chi connectivity index (χ0v) is 11.3. The van der Waals surface area contributed by atoms with Gasteiger partial charge >= 0.3 is 0 Å². The van der Waals surface area contributed by atoms with Crippen LogP contribution in [0.5, 0.6) is 0 Å². The minimum atomic E-state index is 0.491. The average molecular weight is 278 g/mol. The predicted molar refractivity (Wildman–Crippen MR) is 75.1 cm³/mol. The highest BCUT2D eigenvalue weighted by atomic mass is 35.5. The molecule has 0 aliphatic rings. The third-order valence-corrected chi connectivity index (χ3v) is 4.06. The van der Waals surface area contributed by atoms with Crippen molar-refractivity contribution in [3.63, 3.8) is 0 Å². The maximum absolute atomic E-state index is 5.75. The Morgan fingerprint density at radius 3 is 3.00 bits per heavy atom. The molecule has 92 valence electrons. The minimum absolute atomic E-state index is 0.491. The number of aromatic nitrogens is 3. The minimum Gasteiger partial charge on any atom is -0.330 e. The molecule has 0 saturated carbocycles. The Hall–Kier alpha value is -1.39. The Labute approximate surface area is 114 Å². The van der Waals surface area contributed by atoms with Gasteiger partial charge in [0, 0.05) is 18.3 Å². The summed E-state index contributed by atoms with van der Waals surface area (Å²) in [6.07, 6.45) is 2.81. The van der Waals surface area contributed by atoms with Gasteiger partial charge in [0.15, 0.2) is 0 Å². The Bertz CT molecular complexity index is 659. The number of halogens is 1.